The van der Waals surface area contributed by atoms with Crippen LogP contribution in [0, 0.1) is 0 Å². The van der Waals surface area contributed by atoms with Crippen LogP contribution in [0.5, 0.6) is 0 Å². The quantitative estimate of drug-likeness (QED) is 0.672. The number of nitrogens with zero attached hydrogens (tertiary/aromatic N) is 4. The number of fused-ring (bicyclic) bond motifs is 1. The summed E-state index contributed by atoms with van der Waals surface area (Å²) in [5.74, 6) is 0.891. The molecule has 6 nitrogen and oxygen atoms in total. The predicted octanol–water partition coefficient (Wildman–Crippen LogP) is 4.48. The highest BCUT2D eigenvalue weighted by molar-refractivity contribution is 6.33. The lowest BCUT2D eigenvalue weighted by molar-refractivity contribution is 0.0707. The minimum atomic E-state index is -0.108. The van der Waals surface area contributed by atoms with E-state index in [1.54, 1.807) is 0 Å². The number of halogens is 1. The number of benzene rings is 1. The zero-order valence-corrected chi connectivity index (χ0v) is 17.6. The molecule has 4 rings (SSSR count). The van der Waals surface area contributed by atoms with Gasteiger partial charge in [-0.25, -0.2) is 9.97 Å². The van der Waals surface area contributed by atoms with Crippen LogP contribution in [0.3, 0.4) is 0 Å². The molecule has 1 saturated heterocycles. The number of likely N-dealkylation sites (tertiary alicyclic amines) is 1. The van der Waals surface area contributed by atoms with Crippen LogP contribution < -0.4 is 4.90 Å². The van der Waals surface area contributed by atoms with Crippen molar-refractivity contribution in [2.45, 2.75) is 32.6 Å². The van der Waals surface area contributed by atoms with Crippen molar-refractivity contribution in [1.29, 1.82) is 0 Å². The van der Waals surface area contributed by atoms with E-state index in [-0.39, 0.29) is 5.91 Å². The number of nitrogens with one attached hydrogen (secondary N) is 1. The largest absolute Gasteiger partial charge is 0.361 e. The smallest absolute Gasteiger partial charge is 0.274 e. The second-order valence-electron chi connectivity index (χ2n) is 7.39. The van der Waals surface area contributed by atoms with Crippen LogP contribution in [0.15, 0.2) is 36.7 Å². The first kappa shape index (κ1) is 19.7. The third-order valence-electron chi connectivity index (χ3n) is 5.82. The van der Waals surface area contributed by atoms with Crippen molar-refractivity contribution in [3.05, 3.63) is 52.9 Å². The Balaban J connectivity index is 1.49. The Kier molecular flexibility index (Phi) is 5.72. The van der Waals surface area contributed by atoms with Crippen LogP contribution in [0.4, 0.5) is 5.95 Å². The van der Waals surface area contributed by atoms with E-state index in [0.29, 0.717) is 35.7 Å². The van der Waals surface area contributed by atoms with Gasteiger partial charge in [-0.15, -0.1) is 0 Å². The summed E-state index contributed by atoms with van der Waals surface area (Å²) in [5, 5.41) is 1.59. The maximum absolute atomic E-state index is 13.1. The van der Waals surface area contributed by atoms with E-state index >= 15 is 0 Å². The highest BCUT2D eigenvalue weighted by atomic mass is 35.5. The SMILES string of the molecule is CCN(CC)c1ncc(Cl)c(C(=O)N2CCC(c3c[nH]c4ccccc34)CC2)n1. The molecule has 2 aromatic heterocycles. The van der Waals surface area contributed by atoms with E-state index in [1.165, 1.54) is 17.1 Å². The fraction of sp³-hybridized carbons (Fsp3) is 0.409. The summed E-state index contributed by atoms with van der Waals surface area (Å²) in [7, 11) is 0. The standard InChI is InChI=1S/C22H26ClN5O/c1-3-27(4-2)22-25-14-18(23)20(26-22)21(29)28-11-9-15(10-12-28)17-13-24-19-8-6-5-7-16(17)19/h5-8,13-15,24H,3-4,9-12H2,1-2H3. The van der Waals surface area contributed by atoms with Crippen LogP contribution in [0.25, 0.3) is 10.9 Å². The summed E-state index contributed by atoms with van der Waals surface area (Å²) in [4.78, 5) is 29.1. The first-order chi connectivity index (χ1) is 14.1. The van der Waals surface area contributed by atoms with Crippen molar-refractivity contribution in [2.24, 2.45) is 0 Å². The van der Waals surface area contributed by atoms with E-state index in [4.69, 9.17) is 11.6 Å². The molecule has 152 valence electrons. The van der Waals surface area contributed by atoms with Gasteiger partial charge in [0.25, 0.3) is 5.91 Å². The van der Waals surface area contributed by atoms with E-state index < -0.39 is 0 Å². The third-order valence-corrected chi connectivity index (χ3v) is 6.10. The van der Waals surface area contributed by atoms with Gasteiger partial charge < -0.3 is 14.8 Å². The van der Waals surface area contributed by atoms with Crippen molar-refractivity contribution >= 4 is 34.4 Å². The molecule has 1 N–H and O–H groups in total. The molecule has 0 saturated carbocycles. The van der Waals surface area contributed by atoms with Gasteiger partial charge in [-0.3, -0.25) is 4.79 Å². The van der Waals surface area contributed by atoms with Crippen molar-refractivity contribution in [3.63, 3.8) is 0 Å². The zero-order valence-electron chi connectivity index (χ0n) is 16.9. The fourth-order valence-electron chi connectivity index (χ4n) is 4.14. The van der Waals surface area contributed by atoms with Gasteiger partial charge in [0.2, 0.25) is 5.95 Å². The molecule has 3 aromatic rings. The minimum Gasteiger partial charge on any atom is -0.361 e. The van der Waals surface area contributed by atoms with Crippen molar-refractivity contribution < 1.29 is 4.79 Å². The van der Waals surface area contributed by atoms with Gasteiger partial charge in [0.1, 0.15) is 0 Å². The number of hydrogen-bond acceptors (Lipinski definition) is 4. The van der Waals surface area contributed by atoms with Gasteiger partial charge in [-0.05, 0) is 44.2 Å². The fourth-order valence-corrected chi connectivity index (χ4v) is 4.31. The second-order valence-corrected chi connectivity index (χ2v) is 7.80. The maximum Gasteiger partial charge on any atom is 0.274 e. The van der Waals surface area contributed by atoms with E-state index in [1.807, 2.05) is 29.7 Å². The lowest BCUT2D eigenvalue weighted by Gasteiger charge is -2.32. The molecule has 1 aromatic carbocycles. The summed E-state index contributed by atoms with van der Waals surface area (Å²) >= 11 is 6.28. The number of rotatable bonds is 5. The lowest BCUT2D eigenvalue weighted by Crippen LogP contribution is -2.38. The Morgan fingerprint density at radius 3 is 2.69 bits per heavy atom. The molecular formula is C22H26ClN5O. The molecule has 0 radical (unpaired) electrons. The summed E-state index contributed by atoms with van der Waals surface area (Å²) in [5.41, 5.74) is 2.81. The summed E-state index contributed by atoms with van der Waals surface area (Å²) < 4.78 is 0. The molecule has 1 fully saturated rings. The summed E-state index contributed by atoms with van der Waals surface area (Å²) in [6, 6.07) is 8.38. The lowest BCUT2D eigenvalue weighted by atomic mass is 9.89. The maximum atomic E-state index is 13.1. The van der Waals surface area contributed by atoms with E-state index in [0.717, 1.165) is 31.4 Å². The minimum absolute atomic E-state index is 0.108. The van der Waals surface area contributed by atoms with Gasteiger partial charge in [0, 0.05) is 43.3 Å². The molecule has 0 unspecified atom stereocenters. The first-order valence-electron chi connectivity index (χ1n) is 10.2. The summed E-state index contributed by atoms with van der Waals surface area (Å²) in [6.07, 6.45) is 5.51. The van der Waals surface area contributed by atoms with E-state index in [2.05, 4.69) is 39.3 Å². The van der Waals surface area contributed by atoms with E-state index in [9.17, 15) is 4.79 Å². The Morgan fingerprint density at radius 2 is 1.97 bits per heavy atom. The molecule has 1 aliphatic heterocycles. The number of amides is 1. The Hall–Kier alpha value is -2.60. The monoisotopic (exact) mass is 411 g/mol. The van der Waals surface area contributed by atoms with Crippen LogP contribution in [0.1, 0.15) is 48.7 Å². The number of H-pyrrole nitrogens is 1. The number of hydrogen-bond donors (Lipinski definition) is 1. The third kappa shape index (κ3) is 3.81. The Bertz CT molecular complexity index is 1010. The topological polar surface area (TPSA) is 65.1 Å². The molecule has 29 heavy (non-hydrogen) atoms. The van der Waals surface area contributed by atoms with Crippen LogP contribution in [0.2, 0.25) is 5.02 Å². The molecule has 0 bridgehead atoms. The number of aromatic nitrogens is 3. The molecule has 1 aliphatic rings. The van der Waals surface area contributed by atoms with Crippen molar-refractivity contribution in [2.75, 3.05) is 31.1 Å². The summed E-state index contributed by atoms with van der Waals surface area (Å²) in [6.45, 7) is 7.04. The molecular weight excluding hydrogens is 386 g/mol. The van der Waals surface area contributed by atoms with Crippen molar-refractivity contribution in [1.82, 2.24) is 19.9 Å². The van der Waals surface area contributed by atoms with Crippen LogP contribution >= 0.6 is 11.6 Å². The van der Waals surface area contributed by atoms with Gasteiger partial charge in [0.05, 0.1) is 11.2 Å². The number of carbonyl (C=O) groups is 1. The number of carbonyl (C=O) groups excluding carboxylic acids is 1. The normalized spacial score (nSPS) is 15.1. The van der Waals surface area contributed by atoms with Gasteiger partial charge in [-0.2, -0.15) is 0 Å². The Morgan fingerprint density at radius 1 is 1.24 bits per heavy atom. The van der Waals surface area contributed by atoms with Gasteiger partial charge >= 0.3 is 0 Å². The van der Waals surface area contributed by atoms with Gasteiger partial charge in [-0.1, -0.05) is 29.8 Å². The van der Waals surface area contributed by atoms with Gasteiger partial charge in [0.15, 0.2) is 5.69 Å². The van der Waals surface area contributed by atoms with Crippen molar-refractivity contribution in [3.8, 4) is 0 Å². The average Bonchev–Trinajstić information content (AvgIpc) is 3.19. The number of para-hydroxylation sites is 1. The molecule has 1 amide bonds. The highest BCUT2D eigenvalue weighted by Crippen LogP contribution is 2.33. The average molecular weight is 412 g/mol. The molecule has 3 heterocycles. The van der Waals surface area contributed by atoms with Crippen LogP contribution in [-0.2, 0) is 0 Å². The first-order valence-corrected chi connectivity index (χ1v) is 10.6. The Labute approximate surface area is 175 Å². The molecule has 7 heteroatoms. The number of anilines is 1. The molecule has 0 spiro atoms. The second kappa shape index (κ2) is 8.41. The zero-order chi connectivity index (χ0) is 20.4. The molecule has 0 aliphatic carbocycles. The molecule has 0 atom stereocenters. The van der Waals surface area contributed by atoms with Crippen LogP contribution in [-0.4, -0.2) is 51.9 Å². The number of aromatic amines is 1. The highest BCUT2D eigenvalue weighted by Gasteiger charge is 2.28. The number of piperidine rings is 1. The predicted molar refractivity (Wildman–Crippen MR) is 117 cm³/mol.